The molecule has 1 heterocycles. The van der Waals surface area contributed by atoms with Crippen LogP contribution >= 0.6 is 0 Å². The lowest BCUT2D eigenvalue weighted by atomic mass is 10.2. The van der Waals surface area contributed by atoms with Crippen LogP contribution < -0.4 is 4.72 Å². The molecule has 0 saturated heterocycles. The second-order valence-corrected chi connectivity index (χ2v) is 5.56. The average molecular weight is 281 g/mol. The fourth-order valence-electron chi connectivity index (χ4n) is 1.46. The minimum absolute atomic E-state index is 0.0962. The van der Waals surface area contributed by atoms with Crippen LogP contribution in [0.2, 0.25) is 0 Å². The molecular formula is C11H11N3O4S. The topological polar surface area (TPSA) is 112 Å². The molecule has 1 aromatic heterocycles. The second-order valence-electron chi connectivity index (χ2n) is 3.87. The van der Waals surface area contributed by atoms with E-state index in [1.54, 1.807) is 6.92 Å². The van der Waals surface area contributed by atoms with Gasteiger partial charge in [0.25, 0.3) is 10.0 Å². The maximum atomic E-state index is 12.0. The van der Waals surface area contributed by atoms with E-state index in [1.165, 1.54) is 24.3 Å². The number of aromatic carboxylic acids is 1. The number of anilines is 1. The number of carboxylic acid groups (broad SMARTS) is 1. The molecule has 0 radical (unpaired) electrons. The summed E-state index contributed by atoms with van der Waals surface area (Å²) in [7, 11) is -3.85. The lowest BCUT2D eigenvalue weighted by molar-refractivity contribution is 0.0696. The highest BCUT2D eigenvalue weighted by Crippen LogP contribution is 2.16. The molecule has 0 aliphatic carbocycles. The Bertz CT molecular complexity index is 721. The molecule has 7 nitrogen and oxygen atoms in total. The number of hydrogen-bond acceptors (Lipinski definition) is 4. The summed E-state index contributed by atoms with van der Waals surface area (Å²) in [6, 6.07) is 6.62. The maximum Gasteiger partial charge on any atom is 0.335 e. The third-order valence-corrected chi connectivity index (χ3v) is 3.69. The molecular weight excluding hydrogens is 270 g/mol. The van der Waals surface area contributed by atoms with Gasteiger partial charge in [-0.15, -0.1) is 0 Å². The Balaban J connectivity index is 2.34. The first kappa shape index (κ1) is 13.1. The van der Waals surface area contributed by atoms with Gasteiger partial charge in [-0.05, 0) is 25.1 Å². The van der Waals surface area contributed by atoms with Crippen LogP contribution in [0.3, 0.4) is 0 Å². The Morgan fingerprint density at radius 1 is 1.37 bits per heavy atom. The molecule has 1 aromatic carbocycles. The minimum Gasteiger partial charge on any atom is -0.478 e. The standard InChI is InChI=1S/C11H11N3O4S/c1-7-5-10(13-12-7)14-19(17,18)9-4-2-3-8(6-9)11(15)16/h2-6H,1H3,(H,15,16)(H2,12,13,14). The first-order chi connectivity index (χ1) is 8.88. The largest absolute Gasteiger partial charge is 0.478 e. The van der Waals surface area contributed by atoms with Gasteiger partial charge in [-0.3, -0.25) is 9.82 Å². The second kappa shape index (κ2) is 4.73. The lowest BCUT2D eigenvalue weighted by Crippen LogP contribution is -2.14. The van der Waals surface area contributed by atoms with Crippen molar-refractivity contribution in [2.24, 2.45) is 0 Å². The first-order valence-electron chi connectivity index (χ1n) is 5.27. The van der Waals surface area contributed by atoms with E-state index in [1.807, 2.05) is 0 Å². The number of aryl methyl sites for hydroxylation is 1. The van der Waals surface area contributed by atoms with E-state index in [-0.39, 0.29) is 16.3 Å². The molecule has 0 saturated carbocycles. The number of nitrogens with one attached hydrogen (secondary N) is 2. The van der Waals surface area contributed by atoms with Crippen molar-refractivity contribution in [1.82, 2.24) is 10.2 Å². The summed E-state index contributed by atoms with van der Waals surface area (Å²) in [4.78, 5) is 10.7. The van der Waals surface area contributed by atoms with E-state index >= 15 is 0 Å². The van der Waals surface area contributed by atoms with E-state index in [2.05, 4.69) is 14.9 Å². The summed E-state index contributed by atoms with van der Waals surface area (Å²) in [5.74, 6) is -1.04. The SMILES string of the molecule is Cc1cc(NS(=O)(=O)c2cccc(C(=O)O)c2)n[nH]1. The summed E-state index contributed by atoms with van der Waals surface area (Å²) >= 11 is 0. The zero-order chi connectivity index (χ0) is 14.0. The highest BCUT2D eigenvalue weighted by molar-refractivity contribution is 7.92. The average Bonchev–Trinajstić information content (AvgIpc) is 2.74. The molecule has 0 aliphatic heterocycles. The van der Waals surface area contributed by atoms with Crippen LogP contribution in [0, 0.1) is 6.92 Å². The molecule has 0 aliphatic rings. The van der Waals surface area contributed by atoms with Crippen molar-refractivity contribution in [2.45, 2.75) is 11.8 Å². The Hall–Kier alpha value is -2.35. The zero-order valence-corrected chi connectivity index (χ0v) is 10.7. The molecule has 3 N–H and O–H groups in total. The number of carboxylic acids is 1. The Kier molecular flexibility index (Phi) is 3.26. The number of benzene rings is 1. The third-order valence-electron chi connectivity index (χ3n) is 2.34. The van der Waals surface area contributed by atoms with E-state index in [4.69, 9.17) is 5.11 Å². The number of nitrogens with zero attached hydrogens (tertiary/aromatic N) is 1. The van der Waals surface area contributed by atoms with Gasteiger partial charge in [-0.2, -0.15) is 5.10 Å². The Labute approximate surface area is 109 Å². The minimum atomic E-state index is -3.85. The quantitative estimate of drug-likeness (QED) is 0.780. The number of H-pyrrole nitrogens is 1. The van der Waals surface area contributed by atoms with Crippen molar-refractivity contribution in [3.8, 4) is 0 Å². The number of aromatic nitrogens is 2. The summed E-state index contributed by atoms with van der Waals surface area (Å²) in [6.45, 7) is 1.73. The fraction of sp³-hybridized carbons (Fsp3) is 0.0909. The highest BCUT2D eigenvalue weighted by Gasteiger charge is 2.17. The van der Waals surface area contributed by atoms with Gasteiger partial charge in [0.05, 0.1) is 10.5 Å². The van der Waals surface area contributed by atoms with E-state index in [0.29, 0.717) is 5.69 Å². The van der Waals surface area contributed by atoms with Crippen molar-refractivity contribution in [3.63, 3.8) is 0 Å². The van der Waals surface area contributed by atoms with Crippen molar-refractivity contribution >= 4 is 21.8 Å². The summed E-state index contributed by atoms with van der Waals surface area (Å²) in [5.41, 5.74) is 0.609. The van der Waals surface area contributed by atoms with Crippen molar-refractivity contribution in [1.29, 1.82) is 0 Å². The van der Waals surface area contributed by atoms with E-state index in [0.717, 1.165) is 6.07 Å². The predicted octanol–water partition coefficient (Wildman–Crippen LogP) is 1.22. The van der Waals surface area contributed by atoms with Crippen LogP contribution in [-0.4, -0.2) is 29.7 Å². The number of aromatic amines is 1. The Morgan fingerprint density at radius 2 is 2.11 bits per heavy atom. The van der Waals surface area contributed by atoms with Gasteiger partial charge in [0.2, 0.25) is 0 Å². The smallest absolute Gasteiger partial charge is 0.335 e. The van der Waals surface area contributed by atoms with Crippen LogP contribution in [0.1, 0.15) is 16.1 Å². The van der Waals surface area contributed by atoms with Crippen LogP contribution in [0.25, 0.3) is 0 Å². The van der Waals surface area contributed by atoms with Crippen LogP contribution in [-0.2, 0) is 10.0 Å². The molecule has 0 fully saturated rings. The number of hydrogen-bond donors (Lipinski definition) is 3. The lowest BCUT2D eigenvalue weighted by Gasteiger charge is -2.05. The number of carbonyl (C=O) groups is 1. The van der Waals surface area contributed by atoms with Crippen molar-refractivity contribution in [2.75, 3.05) is 4.72 Å². The highest BCUT2D eigenvalue weighted by atomic mass is 32.2. The van der Waals surface area contributed by atoms with Crippen molar-refractivity contribution < 1.29 is 18.3 Å². The summed E-state index contributed by atoms with van der Waals surface area (Å²) < 4.78 is 26.3. The summed E-state index contributed by atoms with van der Waals surface area (Å²) in [6.07, 6.45) is 0. The maximum absolute atomic E-state index is 12.0. The summed E-state index contributed by atoms with van der Waals surface area (Å²) in [5, 5.41) is 15.2. The molecule has 0 atom stereocenters. The van der Waals surface area contributed by atoms with Gasteiger partial charge < -0.3 is 5.11 Å². The predicted molar refractivity (Wildman–Crippen MR) is 67.5 cm³/mol. The molecule has 0 amide bonds. The molecule has 2 aromatic rings. The van der Waals surface area contributed by atoms with Crippen molar-refractivity contribution in [3.05, 3.63) is 41.6 Å². The molecule has 2 rings (SSSR count). The normalized spacial score (nSPS) is 11.2. The van der Waals surface area contributed by atoms with Gasteiger partial charge >= 0.3 is 5.97 Å². The van der Waals surface area contributed by atoms with E-state index < -0.39 is 16.0 Å². The number of rotatable bonds is 4. The molecule has 8 heteroatoms. The van der Waals surface area contributed by atoms with Crippen LogP contribution in [0.4, 0.5) is 5.82 Å². The van der Waals surface area contributed by atoms with Gasteiger partial charge in [-0.25, -0.2) is 13.2 Å². The van der Waals surface area contributed by atoms with Gasteiger partial charge in [0.15, 0.2) is 5.82 Å². The molecule has 100 valence electrons. The molecule has 0 spiro atoms. The number of sulfonamides is 1. The van der Waals surface area contributed by atoms with Gasteiger partial charge in [0, 0.05) is 11.8 Å². The third kappa shape index (κ3) is 2.91. The molecule has 0 unspecified atom stereocenters. The van der Waals surface area contributed by atoms with Crippen LogP contribution in [0.5, 0.6) is 0 Å². The van der Waals surface area contributed by atoms with E-state index in [9.17, 15) is 13.2 Å². The first-order valence-corrected chi connectivity index (χ1v) is 6.75. The van der Waals surface area contributed by atoms with Gasteiger partial charge in [0.1, 0.15) is 0 Å². The molecule has 19 heavy (non-hydrogen) atoms. The zero-order valence-electron chi connectivity index (χ0n) is 9.91. The molecule has 0 bridgehead atoms. The Morgan fingerprint density at radius 3 is 2.68 bits per heavy atom. The fourth-order valence-corrected chi connectivity index (χ4v) is 2.50. The monoisotopic (exact) mass is 281 g/mol. The van der Waals surface area contributed by atoms with Crippen LogP contribution in [0.15, 0.2) is 35.2 Å². The van der Waals surface area contributed by atoms with Gasteiger partial charge in [-0.1, -0.05) is 6.07 Å².